The molecule has 0 saturated carbocycles. The average molecular weight is 292 g/mol. The number of methoxy groups -OCH3 is 1. The SMILES string of the molecule is CCCCCNC(CC(OCC)[P+](C)=O)C(=O)OC. The van der Waals surface area contributed by atoms with Gasteiger partial charge in [-0.3, -0.25) is 4.79 Å². The molecule has 0 amide bonds. The van der Waals surface area contributed by atoms with E-state index < -0.39 is 19.7 Å². The van der Waals surface area contributed by atoms with E-state index in [-0.39, 0.29) is 5.97 Å². The molecule has 6 heteroatoms. The normalized spacial score (nSPS) is 14.8. The molecule has 0 saturated heterocycles. The second-order valence-corrected chi connectivity index (χ2v) is 6.10. The summed E-state index contributed by atoms with van der Waals surface area (Å²) in [6.07, 6.45) is 3.66. The van der Waals surface area contributed by atoms with Crippen LogP contribution in [0, 0.1) is 0 Å². The first-order valence-corrected chi connectivity index (χ1v) is 8.67. The lowest BCUT2D eigenvalue weighted by atomic mass is 10.2. The number of carbonyl (C=O) groups is 1. The molecule has 0 rings (SSSR count). The molecule has 0 aliphatic carbocycles. The number of rotatable bonds is 11. The quantitative estimate of drug-likeness (QED) is 0.360. The molecule has 0 aromatic rings. The maximum absolute atomic E-state index is 11.7. The minimum absolute atomic E-state index is 0.321. The molecule has 0 fully saturated rings. The zero-order valence-electron chi connectivity index (χ0n) is 12.5. The minimum atomic E-state index is -1.47. The Morgan fingerprint density at radius 3 is 2.47 bits per heavy atom. The van der Waals surface area contributed by atoms with Crippen molar-refractivity contribution in [3.05, 3.63) is 0 Å². The number of carbonyl (C=O) groups excluding carboxylic acids is 1. The number of esters is 1. The van der Waals surface area contributed by atoms with Gasteiger partial charge in [-0.1, -0.05) is 24.3 Å². The molecule has 3 atom stereocenters. The minimum Gasteiger partial charge on any atom is -0.468 e. The summed E-state index contributed by atoms with van der Waals surface area (Å²) in [7, 11) is -0.108. The van der Waals surface area contributed by atoms with Gasteiger partial charge < -0.3 is 14.8 Å². The van der Waals surface area contributed by atoms with E-state index in [0.29, 0.717) is 13.0 Å². The molecule has 0 aliphatic heterocycles. The standard InChI is InChI=1S/C13H27NO4P/c1-5-7-8-9-14-11(13(15)17-3)10-12(18-6-2)19(4)16/h11-12,14H,5-10H2,1-4H3/q+1. The Morgan fingerprint density at radius 1 is 1.32 bits per heavy atom. The third-order valence-electron chi connectivity index (χ3n) is 2.86. The molecule has 0 radical (unpaired) electrons. The van der Waals surface area contributed by atoms with Crippen molar-refractivity contribution in [3.8, 4) is 0 Å². The summed E-state index contributed by atoms with van der Waals surface area (Å²) in [4.78, 5) is 11.7. The van der Waals surface area contributed by atoms with E-state index in [1.807, 2.05) is 6.92 Å². The van der Waals surface area contributed by atoms with Gasteiger partial charge in [0.15, 0.2) is 0 Å². The van der Waals surface area contributed by atoms with Crippen molar-refractivity contribution < 1.29 is 18.8 Å². The van der Waals surface area contributed by atoms with Crippen molar-refractivity contribution in [1.82, 2.24) is 5.32 Å². The third kappa shape index (κ3) is 8.30. The van der Waals surface area contributed by atoms with Crippen LogP contribution in [0.15, 0.2) is 0 Å². The lowest BCUT2D eigenvalue weighted by Crippen LogP contribution is -2.40. The topological polar surface area (TPSA) is 64.6 Å². The van der Waals surface area contributed by atoms with Gasteiger partial charge in [-0.15, -0.1) is 0 Å². The molecular formula is C13H27NO4P+. The molecule has 0 aromatic heterocycles. The zero-order chi connectivity index (χ0) is 14.7. The molecule has 5 nitrogen and oxygen atoms in total. The van der Waals surface area contributed by atoms with Crippen LogP contribution < -0.4 is 5.32 Å². The van der Waals surface area contributed by atoms with E-state index in [1.165, 1.54) is 7.11 Å². The predicted molar refractivity (Wildman–Crippen MR) is 76.9 cm³/mol. The van der Waals surface area contributed by atoms with Gasteiger partial charge >= 0.3 is 13.8 Å². The highest BCUT2D eigenvalue weighted by molar-refractivity contribution is 7.44. The fourth-order valence-electron chi connectivity index (χ4n) is 1.77. The van der Waals surface area contributed by atoms with Gasteiger partial charge in [0, 0.05) is 13.0 Å². The van der Waals surface area contributed by atoms with Crippen molar-refractivity contribution in [1.29, 1.82) is 0 Å². The Bertz CT molecular complexity index is 273. The van der Waals surface area contributed by atoms with Crippen molar-refractivity contribution in [2.24, 2.45) is 0 Å². The highest BCUT2D eigenvalue weighted by Crippen LogP contribution is 2.28. The van der Waals surface area contributed by atoms with Gasteiger partial charge in [-0.25, -0.2) is 0 Å². The molecule has 19 heavy (non-hydrogen) atoms. The van der Waals surface area contributed by atoms with E-state index >= 15 is 0 Å². The second-order valence-electron chi connectivity index (χ2n) is 4.43. The molecule has 0 aliphatic rings. The van der Waals surface area contributed by atoms with E-state index in [4.69, 9.17) is 9.47 Å². The van der Waals surface area contributed by atoms with E-state index in [0.717, 1.165) is 25.8 Å². The van der Waals surface area contributed by atoms with Gasteiger partial charge in [0.05, 0.1) is 7.11 Å². The summed E-state index contributed by atoms with van der Waals surface area (Å²) >= 11 is 0. The molecule has 3 unspecified atom stereocenters. The Balaban J connectivity index is 4.39. The van der Waals surface area contributed by atoms with Crippen molar-refractivity contribution in [2.75, 3.05) is 26.9 Å². The maximum atomic E-state index is 11.7. The zero-order valence-corrected chi connectivity index (χ0v) is 13.4. The van der Waals surface area contributed by atoms with E-state index in [1.54, 1.807) is 6.66 Å². The molecule has 112 valence electrons. The van der Waals surface area contributed by atoms with Crippen molar-refractivity contribution in [2.45, 2.75) is 51.4 Å². The lowest BCUT2D eigenvalue weighted by Gasteiger charge is -2.17. The monoisotopic (exact) mass is 292 g/mol. The molecule has 0 aromatic carbocycles. The van der Waals surface area contributed by atoms with Gasteiger partial charge in [0.2, 0.25) is 0 Å². The Hall–Kier alpha value is -0.510. The number of hydrogen-bond donors (Lipinski definition) is 1. The van der Waals surface area contributed by atoms with Crippen LogP contribution >= 0.6 is 7.80 Å². The van der Waals surface area contributed by atoms with Crippen LogP contribution in [0.5, 0.6) is 0 Å². The molecule has 0 bridgehead atoms. The first-order valence-electron chi connectivity index (χ1n) is 6.89. The van der Waals surface area contributed by atoms with Crippen LogP contribution in [0.2, 0.25) is 0 Å². The number of hydrogen-bond acceptors (Lipinski definition) is 5. The summed E-state index contributed by atoms with van der Waals surface area (Å²) in [6, 6.07) is -0.447. The highest BCUT2D eigenvalue weighted by Gasteiger charge is 2.32. The summed E-state index contributed by atoms with van der Waals surface area (Å²) in [5.74, 6) is -0.721. The first kappa shape index (κ1) is 18.5. The van der Waals surface area contributed by atoms with E-state index in [9.17, 15) is 9.36 Å². The van der Waals surface area contributed by atoms with Crippen LogP contribution in [0.1, 0.15) is 39.5 Å². The fraction of sp³-hybridized carbons (Fsp3) is 0.923. The van der Waals surface area contributed by atoms with Gasteiger partial charge in [0.1, 0.15) is 12.7 Å². The Kier molecular flexibility index (Phi) is 11.0. The summed E-state index contributed by atoms with van der Waals surface area (Å²) in [5, 5.41) is 3.17. The predicted octanol–water partition coefficient (Wildman–Crippen LogP) is 2.52. The van der Waals surface area contributed by atoms with Crippen LogP contribution in [-0.2, 0) is 18.8 Å². The number of unbranched alkanes of at least 4 members (excludes halogenated alkanes) is 2. The third-order valence-corrected chi connectivity index (χ3v) is 4.03. The van der Waals surface area contributed by atoms with Crippen LogP contribution in [0.25, 0.3) is 0 Å². The average Bonchev–Trinajstić information content (AvgIpc) is 2.40. The van der Waals surface area contributed by atoms with Crippen molar-refractivity contribution >= 4 is 13.8 Å². The second kappa shape index (κ2) is 11.3. The van der Waals surface area contributed by atoms with Crippen LogP contribution in [-0.4, -0.2) is 44.8 Å². The summed E-state index contributed by atoms with van der Waals surface area (Å²) in [6.45, 7) is 6.86. The molecule has 0 spiro atoms. The first-order chi connectivity index (χ1) is 9.06. The smallest absolute Gasteiger partial charge is 0.367 e. The highest BCUT2D eigenvalue weighted by atomic mass is 31.1. The van der Waals surface area contributed by atoms with Crippen LogP contribution in [0.3, 0.4) is 0 Å². The molecule has 0 heterocycles. The Labute approximate surface area is 117 Å². The Morgan fingerprint density at radius 2 is 2.00 bits per heavy atom. The number of ether oxygens (including phenoxy) is 2. The lowest BCUT2D eigenvalue weighted by molar-refractivity contribution is -0.143. The molecular weight excluding hydrogens is 265 g/mol. The van der Waals surface area contributed by atoms with Crippen molar-refractivity contribution in [3.63, 3.8) is 0 Å². The summed E-state index contributed by atoms with van der Waals surface area (Å²) in [5.41, 5.74) is 0. The molecule has 1 N–H and O–H groups in total. The van der Waals surface area contributed by atoms with Crippen LogP contribution in [0.4, 0.5) is 0 Å². The van der Waals surface area contributed by atoms with Gasteiger partial charge in [-0.05, 0) is 19.9 Å². The van der Waals surface area contributed by atoms with Gasteiger partial charge in [0.25, 0.3) is 5.85 Å². The van der Waals surface area contributed by atoms with E-state index in [2.05, 4.69) is 12.2 Å². The summed E-state index contributed by atoms with van der Waals surface area (Å²) < 4.78 is 21.8. The fourth-order valence-corrected chi connectivity index (χ4v) is 2.64. The number of nitrogens with one attached hydrogen (secondary N) is 1. The van der Waals surface area contributed by atoms with Gasteiger partial charge in [-0.2, -0.15) is 0 Å². The largest absolute Gasteiger partial charge is 0.468 e. The maximum Gasteiger partial charge on any atom is 0.367 e.